The first-order valence-electron chi connectivity index (χ1n) is 4.37. The van der Waals surface area contributed by atoms with Crippen molar-refractivity contribution in [2.75, 3.05) is 18.4 Å². The second kappa shape index (κ2) is 6.04. The predicted octanol–water partition coefficient (Wildman–Crippen LogP) is 1.86. The maximum absolute atomic E-state index is 11.2. The van der Waals surface area contributed by atoms with Crippen LogP contribution < -0.4 is 0 Å². The Hall–Kier alpha value is 0.460. The van der Waals surface area contributed by atoms with Crippen molar-refractivity contribution in [1.82, 2.24) is 5.06 Å². The Balaban J connectivity index is 2.26. The molecule has 0 aliphatic carbocycles. The molecule has 0 aromatic rings. The molecule has 1 rings (SSSR count). The molecule has 0 saturated carbocycles. The van der Waals surface area contributed by atoms with Gasteiger partial charge in [-0.1, -0.05) is 22.4 Å². The molecule has 76 valence electrons. The van der Waals surface area contributed by atoms with Crippen molar-refractivity contribution in [1.29, 1.82) is 0 Å². The van der Waals surface area contributed by atoms with E-state index in [2.05, 4.69) is 15.9 Å². The minimum atomic E-state index is -1.98. The first-order chi connectivity index (χ1) is 6.24. The number of aliphatic hydroxyl groups is 1. The van der Waals surface area contributed by atoms with E-state index < -0.39 is 13.9 Å². The lowest BCUT2D eigenvalue weighted by molar-refractivity contribution is -0.0686. The fourth-order valence-corrected chi connectivity index (χ4v) is 2.49. The van der Waals surface area contributed by atoms with Crippen molar-refractivity contribution >= 4 is 24.0 Å². The number of aliphatic hydroxyl groups excluding tert-OH is 1. The zero-order valence-corrected chi connectivity index (χ0v) is 9.84. The highest BCUT2D eigenvalue weighted by molar-refractivity contribution is 9.09. The zero-order chi connectivity index (χ0) is 9.68. The van der Waals surface area contributed by atoms with Crippen molar-refractivity contribution in [3.05, 3.63) is 0 Å². The summed E-state index contributed by atoms with van der Waals surface area (Å²) in [7, 11) is -1.98. The van der Waals surface area contributed by atoms with Crippen LogP contribution in [-0.4, -0.2) is 34.4 Å². The molecule has 0 radical (unpaired) electrons. The number of rotatable bonds is 4. The Morgan fingerprint density at radius 3 is 2.62 bits per heavy atom. The molecule has 13 heavy (non-hydrogen) atoms. The molecular formula is C7H14BrNO3P+. The van der Waals surface area contributed by atoms with E-state index >= 15 is 0 Å². The van der Waals surface area contributed by atoms with Crippen molar-refractivity contribution in [2.45, 2.75) is 25.1 Å². The van der Waals surface area contributed by atoms with Crippen molar-refractivity contribution in [3.63, 3.8) is 0 Å². The first-order valence-corrected chi connectivity index (χ1v) is 6.74. The average molecular weight is 271 g/mol. The van der Waals surface area contributed by atoms with Crippen molar-refractivity contribution in [2.24, 2.45) is 0 Å². The lowest BCUT2D eigenvalue weighted by atomic mass is 10.2. The van der Waals surface area contributed by atoms with E-state index in [0.29, 0.717) is 0 Å². The summed E-state index contributed by atoms with van der Waals surface area (Å²) in [4.78, 5) is 0. The number of piperidine rings is 1. The molecule has 1 fully saturated rings. The zero-order valence-electron chi connectivity index (χ0n) is 7.36. The third kappa shape index (κ3) is 4.00. The smallest absolute Gasteiger partial charge is 0.348 e. The highest BCUT2D eigenvalue weighted by atomic mass is 79.9. The lowest BCUT2D eigenvalue weighted by Gasteiger charge is -2.19. The van der Waals surface area contributed by atoms with Crippen LogP contribution >= 0.6 is 24.0 Å². The quantitative estimate of drug-likeness (QED) is 0.626. The standard InChI is InChI=1S/C7H14BrNO3P/c8-6-7(10)13(11)12-9-4-2-1-3-5-9/h7,10H,1-6H2/q+1. The summed E-state index contributed by atoms with van der Waals surface area (Å²) in [5.74, 6) is -0.906. The molecule has 0 aromatic carbocycles. The van der Waals surface area contributed by atoms with Gasteiger partial charge in [-0.25, -0.2) is 0 Å². The fraction of sp³-hybridized carbons (Fsp3) is 1.00. The van der Waals surface area contributed by atoms with E-state index in [1.807, 2.05) is 0 Å². The van der Waals surface area contributed by atoms with Gasteiger partial charge in [0.1, 0.15) is 0 Å². The predicted molar refractivity (Wildman–Crippen MR) is 53.9 cm³/mol. The minimum absolute atomic E-state index is 0.288. The molecule has 1 N–H and O–H groups in total. The van der Waals surface area contributed by atoms with Gasteiger partial charge in [-0.3, -0.25) is 0 Å². The lowest BCUT2D eigenvalue weighted by Crippen LogP contribution is -2.28. The number of hydroxylamine groups is 2. The number of alkyl halides is 1. The molecule has 0 bridgehead atoms. The van der Waals surface area contributed by atoms with Gasteiger partial charge in [0.25, 0.3) is 5.85 Å². The molecule has 2 atom stereocenters. The van der Waals surface area contributed by atoms with E-state index in [1.165, 1.54) is 6.42 Å². The van der Waals surface area contributed by atoms with Crippen LogP contribution in [0.5, 0.6) is 0 Å². The summed E-state index contributed by atoms with van der Waals surface area (Å²) < 4.78 is 16.4. The summed E-state index contributed by atoms with van der Waals surface area (Å²) in [5.41, 5.74) is 0. The van der Waals surface area contributed by atoms with Gasteiger partial charge in [0.05, 0.1) is 5.33 Å². The topological polar surface area (TPSA) is 49.8 Å². The molecule has 4 nitrogen and oxygen atoms in total. The van der Waals surface area contributed by atoms with E-state index in [-0.39, 0.29) is 5.33 Å². The molecule has 2 unspecified atom stereocenters. The highest BCUT2D eigenvalue weighted by Crippen LogP contribution is 2.31. The molecule has 0 aromatic heterocycles. The van der Waals surface area contributed by atoms with Crippen LogP contribution in [-0.2, 0) is 9.19 Å². The van der Waals surface area contributed by atoms with Crippen LogP contribution in [0.25, 0.3) is 0 Å². The van der Waals surface area contributed by atoms with Gasteiger partial charge < -0.3 is 5.11 Å². The van der Waals surface area contributed by atoms with E-state index in [0.717, 1.165) is 25.9 Å². The molecule has 1 aliphatic rings. The first kappa shape index (κ1) is 11.5. The number of hydrogen-bond acceptors (Lipinski definition) is 4. The molecule has 1 saturated heterocycles. The SMILES string of the molecule is O=[P+](ON1CCCCC1)C(O)CBr. The van der Waals surface area contributed by atoms with Crippen LogP contribution in [0.15, 0.2) is 0 Å². The van der Waals surface area contributed by atoms with Gasteiger partial charge in [0, 0.05) is 13.1 Å². The Labute approximate surface area is 87.2 Å². The summed E-state index contributed by atoms with van der Waals surface area (Å²) in [5, 5.41) is 11.2. The third-order valence-electron chi connectivity index (χ3n) is 1.89. The van der Waals surface area contributed by atoms with Gasteiger partial charge in [-0.2, -0.15) is 0 Å². The Bertz CT molecular complexity index is 175. The van der Waals surface area contributed by atoms with Crippen LogP contribution in [0.3, 0.4) is 0 Å². The highest BCUT2D eigenvalue weighted by Gasteiger charge is 2.33. The van der Waals surface area contributed by atoms with Crippen LogP contribution in [0.1, 0.15) is 19.3 Å². The van der Waals surface area contributed by atoms with Gasteiger partial charge in [0.15, 0.2) is 0 Å². The summed E-state index contributed by atoms with van der Waals surface area (Å²) >= 11 is 3.05. The van der Waals surface area contributed by atoms with Crippen molar-refractivity contribution in [3.8, 4) is 0 Å². The van der Waals surface area contributed by atoms with Crippen molar-refractivity contribution < 1.29 is 14.3 Å². The van der Waals surface area contributed by atoms with Gasteiger partial charge in [-0.15, -0.1) is 5.06 Å². The summed E-state index contributed by atoms with van der Waals surface area (Å²) in [6, 6.07) is 0. The largest absolute Gasteiger partial charge is 0.559 e. The number of halogens is 1. The molecule has 0 spiro atoms. The summed E-state index contributed by atoms with van der Waals surface area (Å²) in [6.45, 7) is 1.63. The Morgan fingerprint density at radius 1 is 1.46 bits per heavy atom. The summed E-state index contributed by atoms with van der Waals surface area (Å²) in [6.07, 6.45) is 3.36. The normalized spacial score (nSPS) is 22.8. The van der Waals surface area contributed by atoms with E-state index in [4.69, 9.17) is 4.62 Å². The third-order valence-corrected chi connectivity index (χ3v) is 4.07. The van der Waals surface area contributed by atoms with Crippen LogP contribution in [0.4, 0.5) is 0 Å². The Morgan fingerprint density at radius 2 is 2.08 bits per heavy atom. The van der Waals surface area contributed by atoms with Gasteiger partial charge in [0.2, 0.25) is 0 Å². The minimum Gasteiger partial charge on any atom is -0.348 e. The van der Waals surface area contributed by atoms with Crippen LogP contribution in [0.2, 0.25) is 0 Å². The average Bonchev–Trinajstić information content (AvgIpc) is 2.18. The second-order valence-corrected chi connectivity index (χ2v) is 4.97. The molecule has 1 aliphatic heterocycles. The van der Waals surface area contributed by atoms with Crippen LogP contribution in [0, 0.1) is 0 Å². The monoisotopic (exact) mass is 270 g/mol. The molecule has 6 heteroatoms. The number of hydrogen-bond donors (Lipinski definition) is 1. The number of nitrogens with zero attached hydrogens (tertiary/aromatic N) is 1. The molecular weight excluding hydrogens is 257 g/mol. The molecule has 0 amide bonds. The van der Waals surface area contributed by atoms with Gasteiger partial charge >= 0.3 is 8.03 Å². The second-order valence-electron chi connectivity index (χ2n) is 2.99. The maximum Gasteiger partial charge on any atom is 0.559 e. The van der Waals surface area contributed by atoms with E-state index in [9.17, 15) is 9.67 Å². The fourth-order valence-electron chi connectivity index (χ4n) is 1.17. The van der Waals surface area contributed by atoms with Gasteiger partial charge in [-0.05, 0) is 22.0 Å². The van der Waals surface area contributed by atoms with E-state index in [1.54, 1.807) is 5.06 Å². The maximum atomic E-state index is 11.2. The molecule has 1 heterocycles. The Kier molecular flexibility index (Phi) is 5.36.